The van der Waals surface area contributed by atoms with Gasteiger partial charge in [0.15, 0.2) is 6.20 Å². The molecule has 5 nitrogen and oxygen atoms in total. The van der Waals surface area contributed by atoms with Gasteiger partial charge in [-0.1, -0.05) is 42.5 Å². The number of pyridine rings is 1. The molecule has 3 aromatic rings. The van der Waals surface area contributed by atoms with Crippen LogP contribution in [0.1, 0.15) is 11.6 Å². The fourth-order valence-corrected chi connectivity index (χ4v) is 3.92. The summed E-state index contributed by atoms with van der Waals surface area (Å²) in [5.74, 6) is 0.805. The molecule has 0 saturated carbocycles. The van der Waals surface area contributed by atoms with Crippen LogP contribution in [0.3, 0.4) is 0 Å². The van der Waals surface area contributed by atoms with Gasteiger partial charge in [-0.3, -0.25) is 9.69 Å². The normalized spacial score (nSPS) is 15.7. The maximum atomic E-state index is 13.2. The number of amides is 1. The molecule has 1 atom stereocenters. The van der Waals surface area contributed by atoms with Crippen molar-refractivity contribution in [3.8, 4) is 5.75 Å². The molecule has 6 heteroatoms. The number of rotatable bonds is 4. The summed E-state index contributed by atoms with van der Waals surface area (Å²) in [6.07, 6.45) is 1.43. The van der Waals surface area contributed by atoms with Gasteiger partial charge < -0.3 is 9.94 Å². The van der Waals surface area contributed by atoms with Crippen LogP contribution < -0.4 is 14.4 Å². The predicted molar refractivity (Wildman–Crippen MR) is 105 cm³/mol. The van der Waals surface area contributed by atoms with Crippen molar-refractivity contribution in [2.24, 2.45) is 0 Å². The van der Waals surface area contributed by atoms with E-state index >= 15 is 0 Å². The number of carbonyl (C=O) groups is 1. The Bertz CT molecular complexity index is 949. The summed E-state index contributed by atoms with van der Waals surface area (Å²) in [5.41, 5.74) is 1.77. The maximum Gasteiger partial charge on any atom is 0.251 e. The van der Waals surface area contributed by atoms with Gasteiger partial charge in [0.2, 0.25) is 5.91 Å². The number of thioether (sulfide) groups is 1. The van der Waals surface area contributed by atoms with E-state index in [1.807, 2.05) is 54.6 Å². The second-order valence-electron chi connectivity index (χ2n) is 6.12. The number of hydrogen-bond donors (Lipinski definition) is 0. The summed E-state index contributed by atoms with van der Waals surface area (Å²) >= 11 is 1.24. The quantitative estimate of drug-likeness (QED) is 0.396. The molecule has 136 valence electrons. The summed E-state index contributed by atoms with van der Waals surface area (Å²) in [6, 6.07) is 22.4. The molecule has 1 aromatic heterocycles. The van der Waals surface area contributed by atoms with Gasteiger partial charge >= 0.3 is 0 Å². The SMILES string of the molecule is O=C(CSc1cccc[n+]1[O-])N1c2ccccc2OC[C@@H]1c1ccccc1. The standard InChI is InChI=1S/C21H18N2O3S/c24-20(15-27-21-12-6-7-13-22(21)25)23-17-10-4-5-11-19(17)26-14-18(23)16-8-2-1-3-9-16/h1-13,18H,14-15H2/t18-/m1/s1. The highest BCUT2D eigenvalue weighted by Crippen LogP contribution is 2.39. The number of aromatic nitrogens is 1. The van der Waals surface area contributed by atoms with Crippen LogP contribution in [-0.2, 0) is 4.79 Å². The first-order valence-electron chi connectivity index (χ1n) is 8.64. The highest BCUT2D eigenvalue weighted by molar-refractivity contribution is 7.99. The minimum absolute atomic E-state index is 0.0616. The molecule has 0 aliphatic carbocycles. The Morgan fingerprint density at radius 3 is 2.63 bits per heavy atom. The van der Waals surface area contributed by atoms with E-state index in [1.54, 1.807) is 23.1 Å². The topological polar surface area (TPSA) is 56.5 Å². The van der Waals surface area contributed by atoms with Gasteiger partial charge in [-0.05, 0) is 35.5 Å². The fourth-order valence-electron chi connectivity index (χ4n) is 3.15. The molecule has 2 aromatic carbocycles. The van der Waals surface area contributed by atoms with Crippen LogP contribution in [0.15, 0.2) is 84.0 Å². The van der Waals surface area contributed by atoms with Crippen molar-refractivity contribution in [3.63, 3.8) is 0 Å². The number of benzene rings is 2. The highest BCUT2D eigenvalue weighted by Gasteiger charge is 2.33. The Hall–Kier alpha value is -2.99. The van der Waals surface area contributed by atoms with Crippen molar-refractivity contribution in [2.45, 2.75) is 11.1 Å². The molecule has 1 aliphatic heterocycles. The average Bonchev–Trinajstić information content (AvgIpc) is 2.72. The van der Waals surface area contributed by atoms with Crippen molar-refractivity contribution < 1.29 is 14.3 Å². The second kappa shape index (κ2) is 7.72. The van der Waals surface area contributed by atoms with E-state index in [4.69, 9.17) is 4.74 Å². The van der Waals surface area contributed by atoms with Gasteiger partial charge in [0, 0.05) is 12.1 Å². The summed E-state index contributed by atoms with van der Waals surface area (Å²) < 4.78 is 6.68. The van der Waals surface area contributed by atoms with E-state index in [1.165, 1.54) is 18.0 Å². The first-order valence-corrected chi connectivity index (χ1v) is 9.62. The predicted octanol–water partition coefficient (Wildman–Crippen LogP) is 3.58. The van der Waals surface area contributed by atoms with E-state index in [2.05, 4.69) is 0 Å². The molecule has 2 heterocycles. The van der Waals surface area contributed by atoms with E-state index in [0.29, 0.717) is 17.4 Å². The molecular weight excluding hydrogens is 360 g/mol. The van der Waals surface area contributed by atoms with Gasteiger partial charge in [-0.15, -0.1) is 0 Å². The van der Waals surface area contributed by atoms with Crippen LogP contribution in [0.25, 0.3) is 0 Å². The summed E-state index contributed by atoms with van der Waals surface area (Å²) in [6.45, 7) is 0.393. The van der Waals surface area contributed by atoms with Crippen LogP contribution in [0.5, 0.6) is 5.75 Å². The Kier molecular flexibility index (Phi) is 4.98. The Balaban J connectivity index is 1.63. The Morgan fingerprint density at radius 2 is 1.81 bits per heavy atom. The third-order valence-electron chi connectivity index (χ3n) is 4.42. The molecule has 0 bridgehead atoms. The van der Waals surface area contributed by atoms with Gasteiger partial charge in [-0.25, -0.2) is 0 Å². The summed E-state index contributed by atoms with van der Waals surface area (Å²) in [5, 5.41) is 12.3. The first-order chi connectivity index (χ1) is 13.2. The zero-order chi connectivity index (χ0) is 18.6. The Labute approximate surface area is 161 Å². The summed E-state index contributed by atoms with van der Waals surface area (Å²) in [7, 11) is 0. The number of hydrogen-bond acceptors (Lipinski definition) is 4. The minimum Gasteiger partial charge on any atom is -0.618 e. The molecule has 4 rings (SSSR count). The van der Waals surface area contributed by atoms with Gasteiger partial charge in [-0.2, -0.15) is 4.73 Å². The maximum absolute atomic E-state index is 13.2. The molecule has 27 heavy (non-hydrogen) atoms. The monoisotopic (exact) mass is 378 g/mol. The number of ether oxygens (including phenoxy) is 1. The molecule has 0 unspecified atom stereocenters. The molecule has 1 amide bonds. The molecule has 0 spiro atoms. The van der Waals surface area contributed by atoms with Crippen LogP contribution in [0.2, 0.25) is 0 Å². The molecule has 0 saturated heterocycles. The van der Waals surface area contributed by atoms with Gasteiger partial charge in [0.1, 0.15) is 12.4 Å². The second-order valence-corrected chi connectivity index (χ2v) is 7.12. The lowest BCUT2D eigenvalue weighted by atomic mass is 10.0. The number of fused-ring (bicyclic) bond motifs is 1. The lowest BCUT2D eigenvalue weighted by Crippen LogP contribution is -2.42. The third-order valence-corrected chi connectivity index (χ3v) is 5.42. The van der Waals surface area contributed by atoms with Crippen molar-refractivity contribution in [2.75, 3.05) is 17.3 Å². The largest absolute Gasteiger partial charge is 0.618 e. The van der Waals surface area contributed by atoms with Crippen LogP contribution in [0, 0.1) is 5.21 Å². The Morgan fingerprint density at radius 1 is 1.07 bits per heavy atom. The average molecular weight is 378 g/mol. The van der Waals surface area contributed by atoms with Gasteiger partial charge in [0.25, 0.3) is 5.03 Å². The molecule has 1 aliphatic rings. The van der Waals surface area contributed by atoms with Crippen molar-refractivity contribution in [1.29, 1.82) is 0 Å². The first kappa shape index (κ1) is 17.4. The number of anilines is 1. The zero-order valence-electron chi connectivity index (χ0n) is 14.5. The van der Waals surface area contributed by atoms with E-state index < -0.39 is 0 Å². The van der Waals surface area contributed by atoms with Gasteiger partial charge in [0.05, 0.1) is 17.5 Å². The molecule has 0 N–H and O–H groups in total. The van der Waals surface area contributed by atoms with Crippen molar-refractivity contribution in [3.05, 3.63) is 89.8 Å². The fraction of sp³-hybridized carbons (Fsp3) is 0.143. The zero-order valence-corrected chi connectivity index (χ0v) is 15.3. The van der Waals surface area contributed by atoms with E-state index in [0.717, 1.165) is 16.0 Å². The number of para-hydroxylation sites is 2. The van der Waals surface area contributed by atoms with Crippen molar-refractivity contribution >= 4 is 23.4 Å². The highest BCUT2D eigenvalue weighted by atomic mass is 32.2. The van der Waals surface area contributed by atoms with E-state index in [9.17, 15) is 10.0 Å². The smallest absolute Gasteiger partial charge is 0.251 e. The summed E-state index contributed by atoms with van der Waals surface area (Å²) in [4.78, 5) is 15.0. The number of nitrogens with zero attached hydrogens (tertiary/aromatic N) is 2. The third kappa shape index (κ3) is 3.61. The van der Waals surface area contributed by atoms with Crippen LogP contribution in [0.4, 0.5) is 5.69 Å². The van der Waals surface area contributed by atoms with E-state index in [-0.39, 0.29) is 17.7 Å². The van der Waals surface area contributed by atoms with Crippen LogP contribution >= 0.6 is 11.8 Å². The lowest BCUT2D eigenvalue weighted by molar-refractivity contribution is -0.645. The minimum atomic E-state index is -0.204. The number of carbonyl (C=O) groups excluding carboxylic acids is 1. The molecular formula is C21H18N2O3S. The lowest BCUT2D eigenvalue weighted by Gasteiger charge is -2.37. The van der Waals surface area contributed by atoms with Crippen LogP contribution in [-0.4, -0.2) is 18.3 Å². The molecule has 0 radical (unpaired) electrons. The van der Waals surface area contributed by atoms with Crippen molar-refractivity contribution in [1.82, 2.24) is 0 Å². The molecule has 0 fully saturated rings.